The molecule has 6 atom stereocenters. The Labute approximate surface area is 316 Å². The number of hydrogen-bond donors (Lipinski definition) is 3. The van der Waals surface area contributed by atoms with E-state index in [9.17, 15) is 24.0 Å². The molecule has 13 heteroatoms. The molecule has 284 valence electrons. The molecule has 0 radical (unpaired) electrons. The number of nitrogens with two attached hydrogens (primary N) is 1. The number of esters is 2. The van der Waals surface area contributed by atoms with E-state index in [0.29, 0.717) is 16.3 Å². The number of carbonyl (C=O) groups is 5. The highest BCUT2D eigenvalue weighted by Crippen LogP contribution is 2.39. The first-order valence-corrected chi connectivity index (χ1v) is 18.3. The van der Waals surface area contributed by atoms with Crippen molar-refractivity contribution in [1.82, 2.24) is 10.6 Å². The van der Waals surface area contributed by atoms with Crippen molar-refractivity contribution in [3.8, 4) is 5.75 Å². The molecule has 1 aliphatic rings. The number of ether oxygens (including phenoxy) is 3. The van der Waals surface area contributed by atoms with E-state index in [1.807, 2.05) is 51.1 Å². The molecule has 4 N–H and O–H groups in total. The fourth-order valence-corrected chi connectivity index (χ4v) is 6.63. The summed E-state index contributed by atoms with van der Waals surface area (Å²) in [5.41, 5.74) is 5.88. The number of rotatable bonds is 12. The summed E-state index contributed by atoms with van der Waals surface area (Å²) in [5.74, 6) is -3.46. The van der Waals surface area contributed by atoms with Crippen molar-refractivity contribution in [3.63, 3.8) is 0 Å². The molecule has 0 fully saturated rings. The van der Waals surface area contributed by atoms with E-state index in [1.54, 1.807) is 32.0 Å². The Balaban J connectivity index is 2.04. The van der Waals surface area contributed by atoms with Crippen LogP contribution in [0.3, 0.4) is 0 Å². The van der Waals surface area contributed by atoms with Gasteiger partial charge in [-0.05, 0) is 67.4 Å². The lowest BCUT2D eigenvalue weighted by molar-refractivity contribution is -0.179. The number of amides is 2. The standard InChI is InChI=1S/C39H51Cl2N3O8/c1-23(2)17-33-37(48)51-31(24(3)28(20-27(45)21-42)35(41)26-11-8-7-9-12-26)13-10-14-34(46)44-30(19-25-15-16-32(50-6)29(40)18-25)36(47)43-22-39(4,5)38(49)52-33/h7-12,14-16,18,23-24,28,30-31,33,35H,13,17,19-22,42H2,1-6H3,(H,43,47)(H,44,46)/b14-10+/t24-,28-,30-,31+,33+,35+/m1/s1. The molecule has 0 aromatic heterocycles. The number of alkyl halides is 1. The van der Waals surface area contributed by atoms with Crippen LogP contribution >= 0.6 is 23.2 Å². The molecule has 3 rings (SSSR count). The van der Waals surface area contributed by atoms with Gasteiger partial charge in [-0.2, -0.15) is 0 Å². The summed E-state index contributed by atoms with van der Waals surface area (Å²) >= 11 is 13.4. The Bertz CT molecular complexity index is 1580. The Morgan fingerprint density at radius 2 is 1.75 bits per heavy atom. The highest BCUT2D eigenvalue weighted by molar-refractivity contribution is 6.32. The van der Waals surface area contributed by atoms with Gasteiger partial charge in [0.05, 0.1) is 29.5 Å². The number of hydrogen-bond acceptors (Lipinski definition) is 9. The fourth-order valence-electron chi connectivity index (χ4n) is 5.88. The number of cyclic esters (lactones) is 2. The van der Waals surface area contributed by atoms with Gasteiger partial charge < -0.3 is 30.6 Å². The number of carbonyl (C=O) groups excluding carboxylic acids is 5. The van der Waals surface area contributed by atoms with Crippen molar-refractivity contribution < 1.29 is 38.2 Å². The molecule has 2 amide bonds. The lowest BCUT2D eigenvalue weighted by atomic mass is 9.79. The molecule has 1 heterocycles. The maximum Gasteiger partial charge on any atom is 0.347 e. The van der Waals surface area contributed by atoms with Crippen LogP contribution in [0.15, 0.2) is 60.7 Å². The maximum atomic E-state index is 13.8. The third-order valence-corrected chi connectivity index (χ3v) is 9.97. The molecule has 0 spiro atoms. The normalized spacial score (nSPS) is 22.6. The summed E-state index contributed by atoms with van der Waals surface area (Å²) in [4.78, 5) is 67.0. The Morgan fingerprint density at radius 3 is 2.37 bits per heavy atom. The molecule has 0 saturated carbocycles. The molecule has 52 heavy (non-hydrogen) atoms. The largest absolute Gasteiger partial charge is 0.495 e. The minimum absolute atomic E-state index is 0.0176. The average Bonchev–Trinajstić information content (AvgIpc) is 3.10. The van der Waals surface area contributed by atoms with Gasteiger partial charge in [-0.25, -0.2) is 4.79 Å². The smallest absolute Gasteiger partial charge is 0.347 e. The third-order valence-electron chi connectivity index (χ3n) is 9.10. The lowest BCUT2D eigenvalue weighted by Gasteiger charge is -2.34. The predicted molar refractivity (Wildman–Crippen MR) is 200 cm³/mol. The van der Waals surface area contributed by atoms with Crippen molar-refractivity contribution in [2.24, 2.45) is 28.9 Å². The van der Waals surface area contributed by atoms with Crippen LogP contribution in [0.4, 0.5) is 0 Å². The molecule has 11 nitrogen and oxygen atoms in total. The number of benzene rings is 2. The van der Waals surface area contributed by atoms with Gasteiger partial charge in [-0.15, -0.1) is 11.6 Å². The van der Waals surface area contributed by atoms with Gasteiger partial charge in [0.2, 0.25) is 11.8 Å². The number of methoxy groups -OCH3 is 1. The van der Waals surface area contributed by atoms with E-state index >= 15 is 0 Å². The molecule has 2 aromatic rings. The number of Topliss-reactive ketones (excluding diaryl/α,β-unsaturated/α-hetero) is 1. The van der Waals surface area contributed by atoms with E-state index in [-0.39, 0.29) is 50.5 Å². The van der Waals surface area contributed by atoms with Crippen LogP contribution in [0.5, 0.6) is 5.75 Å². The van der Waals surface area contributed by atoms with Crippen LogP contribution in [-0.2, 0) is 39.9 Å². The second kappa shape index (κ2) is 19.8. The quantitative estimate of drug-likeness (QED) is 0.187. The van der Waals surface area contributed by atoms with Crippen LogP contribution < -0.4 is 21.1 Å². The molecule has 0 aliphatic carbocycles. The summed E-state index contributed by atoms with van der Waals surface area (Å²) in [5, 5.41) is 5.20. The summed E-state index contributed by atoms with van der Waals surface area (Å²) in [7, 11) is 1.49. The molecular formula is C39H51Cl2N3O8. The van der Waals surface area contributed by atoms with Crippen LogP contribution in [0.25, 0.3) is 0 Å². The van der Waals surface area contributed by atoms with Crippen LogP contribution in [0.1, 0.15) is 70.4 Å². The number of nitrogens with one attached hydrogen (secondary N) is 2. The average molecular weight is 761 g/mol. The third kappa shape index (κ3) is 12.3. The van der Waals surface area contributed by atoms with Crippen molar-refractivity contribution >= 4 is 52.7 Å². The lowest BCUT2D eigenvalue weighted by Crippen LogP contribution is -2.51. The summed E-state index contributed by atoms with van der Waals surface area (Å²) in [6, 6.07) is 13.3. The molecule has 2 aromatic carbocycles. The van der Waals surface area contributed by atoms with Crippen LogP contribution in [0.2, 0.25) is 5.02 Å². The molecule has 0 bridgehead atoms. The summed E-state index contributed by atoms with van der Waals surface area (Å²) in [6.45, 7) is 8.43. The van der Waals surface area contributed by atoms with Crippen molar-refractivity contribution in [2.75, 3.05) is 20.2 Å². The zero-order valence-electron chi connectivity index (χ0n) is 30.7. The van der Waals surface area contributed by atoms with E-state index < -0.39 is 64.6 Å². The second-order valence-corrected chi connectivity index (χ2v) is 15.1. The van der Waals surface area contributed by atoms with Crippen LogP contribution in [0, 0.1) is 23.2 Å². The monoisotopic (exact) mass is 759 g/mol. The van der Waals surface area contributed by atoms with E-state index in [2.05, 4.69) is 10.6 Å². The predicted octanol–water partition coefficient (Wildman–Crippen LogP) is 5.50. The molecule has 0 unspecified atom stereocenters. The first-order valence-electron chi connectivity index (χ1n) is 17.5. The number of halogens is 2. The van der Waals surface area contributed by atoms with Gasteiger partial charge in [0.15, 0.2) is 6.10 Å². The van der Waals surface area contributed by atoms with Gasteiger partial charge in [-0.1, -0.05) is 74.8 Å². The van der Waals surface area contributed by atoms with E-state index in [0.717, 1.165) is 5.56 Å². The van der Waals surface area contributed by atoms with Crippen molar-refractivity contribution in [3.05, 3.63) is 76.8 Å². The Morgan fingerprint density at radius 1 is 1.06 bits per heavy atom. The van der Waals surface area contributed by atoms with Gasteiger partial charge in [0.1, 0.15) is 23.7 Å². The highest BCUT2D eigenvalue weighted by atomic mass is 35.5. The molecule has 0 saturated heterocycles. The SMILES string of the molecule is COc1ccc(C[C@H]2NC(=O)/C=C/C[C@@H]([C@H](C)[C@@H](CC(=O)CN)[C@@H](Cl)c3ccccc3)OC(=O)[C@H](CC(C)C)OC(=O)C(C)(C)CNC2=O)cc1Cl. The Kier molecular flexibility index (Phi) is 16.2. The van der Waals surface area contributed by atoms with Crippen LogP contribution in [-0.4, -0.2) is 68.0 Å². The summed E-state index contributed by atoms with van der Waals surface area (Å²) < 4.78 is 17.2. The minimum atomic E-state index is -1.26. The molecular weight excluding hydrogens is 709 g/mol. The van der Waals surface area contributed by atoms with Gasteiger partial charge in [-0.3, -0.25) is 19.2 Å². The van der Waals surface area contributed by atoms with Gasteiger partial charge in [0, 0.05) is 25.8 Å². The Hall–Kier alpha value is -3.93. The zero-order chi connectivity index (χ0) is 38.6. The van der Waals surface area contributed by atoms with E-state index in [1.165, 1.54) is 19.3 Å². The first-order chi connectivity index (χ1) is 24.6. The van der Waals surface area contributed by atoms with Crippen molar-refractivity contribution in [1.29, 1.82) is 0 Å². The van der Waals surface area contributed by atoms with Gasteiger partial charge in [0.25, 0.3) is 0 Å². The first kappa shape index (κ1) is 42.5. The summed E-state index contributed by atoms with van der Waals surface area (Å²) in [6.07, 6.45) is 0.980. The molecule has 1 aliphatic heterocycles. The zero-order valence-corrected chi connectivity index (χ0v) is 32.2. The fraction of sp³-hybridized carbons (Fsp3) is 0.513. The number of ketones is 1. The van der Waals surface area contributed by atoms with Crippen molar-refractivity contribution in [2.45, 2.75) is 83.9 Å². The highest BCUT2D eigenvalue weighted by Gasteiger charge is 2.39. The topological polar surface area (TPSA) is 163 Å². The second-order valence-electron chi connectivity index (χ2n) is 14.3. The van der Waals surface area contributed by atoms with E-state index in [4.69, 9.17) is 43.1 Å². The minimum Gasteiger partial charge on any atom is -0.495 e. The van der Waals surface area contributed by atoms with Gasteiger partial charge >= 0.3 is 11.9 Å². The maximum absolute atomic E-state index is 13.8.